The van der Waals surface area contributed by atoms with Crippen LogP contribution >= 0.6 is 12.2 Å². The summed E-state index contributed by atoms with van der Waals surface area (Å²) in [5, 5.41) is 7.93. The summed E-state index contributed by atoms with van der Waals surface area (Å²) in [6, 6.07) is 27.2. The lowest BCUT2D eigenvalue weighted by Gasteiger charge is -2.11. The number of carbonyl (C=O) groups is 1. The van der Waals surface area contributed by atoms with Crippen molar-refractivity contribution in [3.05, 3.63) is 96.1 Å². The molecule has 0 bridgehead atoms. The number of rotatable bonds is 4. The molecule has 0 spiro atoms. The van der Waals surface area contributed by atoms with E-state index < -0.39 is 0 Å². The maximum absolute atomic E-state index is 12.8. The van der Waals surface area contributed by atoms with Crippen molar-refractivity contribution in [1.29, 1.82) is 0 Å². The van der Waals surface area contributed by atoms with Gasteiger partial charge in [0.1, 0.15) is 5.52 Å². The van der Waals surface area contributed by atoms with E-state index in [4.69, 9.17) is 16.6 Å². The van der Waals surface area contributed by atoms with Gasteiger partial charge in [-0.15, -0.1) is 0 Å². The number of amides is 1. The van der Waals surface area contributed by atoms with E-state index in [-0.39, 0.29) is 11.0 Å². The van der Waals surface area contributed by atoms with E-state index in [1.54, 1.807) is 6.07 Å². The number of anilines is 1. The summed E-state index contributed by atoms with van der Waals surface area (Å²) in [4.78, 5) is 17.5. The van der Waals surface area contributed by atoms with Gasteiger partial charge in [0.2, 0.25) is 5.89 Å². The zero-order chi connectivity index (χ0) is 23.7. The monoisotopic (exact) mass is 465 g/mol. The predicted molar refractivity (Wildman–Crippen MR) is 141 cm³/mol. The van der Waals surface area contributed by atoms with E-state index in [2.05, 4.69) is 41.6 Å². The number of fused-ring (bicyclic) bond motifs is 2. The minimum absolute atomic E-state index is 0.213. The fraction of sp³-hybridized carbons (Fsp3) is 0.107. The number of nitrogens with one attached hydrogen (secondary N) is 2. The molecule has 1 heterocycles. The van der Waals surface area contributed by atoms with Gasteiger partial charge in [0.15, 0.2) is 10.7 Å². The van der Waals surface area contributed by atoms with E-state index in [0.717, 1.165) is 16.3 Å². The van der Waals surface area contributed by atoms with Crippen LogP contribution in [0.15, 0.2) is 89.3 Å². The molecule has 1 aromatic heterocycles. The van der Waals surface area contributed by atoms with Crippen molar-refractivity contribution in [2.45, 2.75) is 19.8 Å². The van der Waals surface area contributed by atoms with Gasteiger partial charge in [-0.2, -0.15) is 0 Å². The van der Waals surface area contributed by atoms with Crippen LogP contribution in [-0.2, 0) is 0 Å². The molecule has 6 heteroatoms. The van der Waals surface area contributed by atoms with Gasteiger partial charge in [-0.1, -0.05) is 62.4 Å². The van der Waals surface area contributed by atoms with Crippen LogP contribution in [0.3, 0.4) is 0 Å². The second-order valence-electron chi connectivity index (χ2n) is 8.41. The van der Waals surface area contributed by atoms with Gasteiger partial charge < -0.3 is 9.73 Å². The molecular formula is C28H23N3O2S. The van der Waals surface area contributed by atoms with Gasteiger partial charge >= 0.3 is 0 Å². The van der Waals surface area contributed by atoms with Gasteiger partial charge in [-0.05, 0) is 70.9 Å². The second kappa shape index (κ2) is 9.08. The van der Waals surface area contributed by atoms with Crippen LogP contribution in [-0.4, -0.2) is 16.0 Å². The number of benzene rings is 4. The number of hydrogen-bond acceptors (Lipinski definition) is 4. The molecule has 0 aliphatic rings. The fourth-order valence-corrected chi connectivity index (χ4v) is 4.11. The van der Waals surface area contributed by atoms with E-state index >= 15 is 0 Å². The van der Waals surface area contributed by atoms with Crippen LogP contribution in [0.25, 0.3) is 33.3 Å². The lowest BCUT2D eigenvalue weighted by molar-refractivity contribution is 0.0979. The largest absolute Gasteiger partial charge is 0.436 e. The Morgan fingerprint density at radius 1 is 0.941 bits per heavy atom. The molecule has 4 aromatic carbocycles. The molecule has 5 nitrogen and oxygen atoms in total. The third-order valence-electron chi connectivity index (χ3n) is 5.73. The SMILES string of the molecule is CC(C)c1ccc(-c2nc3cc(NC(=S)NC(=O)c4cccc5ccccc45)ccc3o2)cc1. The average Bonchev–Trinajstić information content (AvgIpc) is 3.27. The molecule has 0 radical (unpaired) electrons. The summed E-state index contributed by atoms with van der Waals surface area (Å²) in [5.74, 6) is 0.773. The summed E-state index contributed by atoms with van der Waals surface area (Å²) in [6.07, 6.45) is 0. The summed E-state index contributed by atoms with van der Waals surface area (Å²) < 4.78 is 5.94. The zero-order valence-electron chi connectivity index (χ0n) is 18.8. The minimum Gasteiger partial charge on any atom is -0.436 e. The van der Waals surface area contributed by atoms with Crippen LogP contribution in [0, 0.1) is 0 Å². The van der Waals surface area contributed by atoms with Crippen LogP contribution in [0.4, 0.5) is 5.69 Å². The zero-order valence-corrected chi connectivity index (χ0v) is 19.6. The first-order valence-corrected chi connectivity index (χ1v) is 11.5. The Morgan fingerprint density at radius 3 is 2.50 bits per heavy atom. The van der Waals surface area contributed by atoms with Gasteiger partial charge in [0.25, 0.3) is 5.91 Å². The number of nitrogens with zero attached hydrogens (tertiary/aromatic N) is 1. The van der Waals surface area contributed by atoms with Gasteiger partial charge in [0.05, 0.1) is 0 Å². The lowest BCUT2D eigenvalue weighted by atomic mass is 10.0. The molecule has 5 aromatic rings. The van der Waals surface area contributed by atoms with E-state index in [0.29, 0.717) is 34.2 Å². The van der Waals surface area contributed by atoms with Crippen LogP contribution < -0.4 is 10.6 Å². The molecule has 1 amide bonds. The van der Waals surface area contributed by atoms with Crippen LogP contribution in [0.1, 0.15) is 35.7 Å². The molecule has 0 unspecified atom stereocenters. The average molecular weight is 466 g/mol. The Hall–Kier alpha value is -4.03. The Morgan fingerprint density at radius 2 is 1.71 bits per heavy atom. The summed E-state index contributed by atoms with van der Waals surface area (Å²) in [6.45, 7) is 4.33. The van der Waals surface area contributed by atoms with Crippen molar-refractivity contribution in [3.8, 4) is 11.5 Å². The molecule has 0 atom stereocenters. The topological polar surface area (TPSA) is 67.2 Å². The lowest BCUT2D eigenvalue weighted by Crippen LogP contribution is -2.34. The summed E-state index contributed by atoms with van der Waals surface area (Å²) in [7, 11) is 0. The third kappa shape index (κ3) is 4.40. The Labute approximate surface area is 202 Å². The molecule has 2 N–H and O–H groups in total. The van der Waals surface area contributed by atoms with E-state index in [1.165, 1.54) is 5.56 Å². The molecule has 34 heavy (non-hydrogen) atoms. The molecule has 0 aliphatic heterocycles. The number of hydrogen-bond donors (Lipinski definition) is 2. The molecule has 5 rings (SSSR count). The Balaban J connectivity index is 1.31. The maximum atomic E-state index is 12.8. The second-order valence-corrected chi connectivity index (χ2v) is 8.82. The molecule has 0 saturated heterocycles. The Bertz CT molecular complexity index is 1520. The fourth-order valence-electron chi connectivity index (χ4n) is 3.90. The molecule has 0 saturated carbocycles. The van der Waals surface area contributed by atoms with Gasteiger partial charge in [0, 0.05) is 16.8 Å². The first-order chi connectivity index (χ1) is 16.5. The maximum Gasteiger partial charge on any atom is 0.258 e. The standard InChI is InChI=1S/C28H23N3O2S/c1-17(2)18-10-12-20(13-11-18)27-30-24-16-21(14-15-25(24)33-27)29-28(34)31-26(32)23-9-5-7-19-6-3-4-8-22(19)23/h3-17H,1-2H3,(H2,29,31,32,34). The first kappa shape index (κ1) is 21.8. The van der Waals surface area contributed by atoms with E-state index in [9.17, 15) is 4.79 Å². The van der Waals surface area contributed by atoms with Crippen LogP contribution in [0.5, 0.6) is 0 Å². The summed E-state index contributed by atoms with van der Waals surface area (Å²) in [5.41, 5.74) is 4.86. The number of carbonyl (C=O) groups excluding carboxylic acids is 1. The normalized spacial score (nSPS) is 11.1. The molecule has 168 valence electrons. The number of aromatic nitrogens is 1. The molecule has 0 aliphatic carbocycles. The smallest absolute Gasteiger partial charge is 0.258 e. The minimum atomic E-state index is -0.260. The highest BCUT2D eigenvalue weighted by atomic mass is 32.1. The van der Waals surface area contributed by atoms with E-state index in [1.807, 2.05) is 66.7 Å². The first-order valence-electron chi connectivity index (χ1n) is 11.1. The summed E-state index contributed by atoms with van der Waals surface area (Å²) >= 11 is 5.39. The Kier molecular flexibility index (Phi) is 5.82. The number of thiocarbonyl (C=S) groups is 1. The highest BCUT2D eigenvalue weighted by Gasteiger charge is 2.13. The van der Waals surface area contributed by atoms with Crippen molar-refractivity contribution in [3.63, 3.8) is 0 Å². The van der Waals surface area contributed by atoms with Crippen molar-refractivity contribution < 1.29 is 9.21 Å². The highest BCUT2D eigenvalue weighted by Crippen LogP contribution is 2.27. The van der Waals surface area contributed by atoms with Gasteiger partial charge in [-0.3, -0.25) is 10.1 Å². The molecular weight excluding hydrogens is 442 g/mol. The number of oxazole rings is 1. The van der Waals surface area contributed by atoms with Crippen molar-refractivity contribution >= 4 is 50.8 Å². The van der Waals surface area contributed by atoms with Crippen LogP contribution in [0.2, 0.25) is 0 Å². The van der Waals surface area contributed by atoms with Crippen molar-refractivity contribution in [2.75, 3.05) is 5.32 Å². The third-order valence-corrected chi connectivity index (χ3v) is 5.94. The van der Waals surface area contributed by atoms with Crippen molar-refractivity contribution in [2.24, 2.45) is 0 Å². The highest BCUT2D eigenvalue weighted by molar-refractivity contribution is 7.80. The quantitative estimate of drug-likeness (QED) is 0.283. The predicted octanol–water partition coefficient (Wildman–Crippen LogP) is 6.90. The molecule has 0 fully saturated rings. The van der Waals surface area contributed by atoms with Crippen molar-refractivity contribution in [1.82, 2.24) is 10.3 Å². The van der Waals surface area contributed by atoms with Gasteiger partial charge in [-0.25, -0.2) is 4.98 Å².